The second kappa shape index (κ2) is 12.2. The third kappa shape index (κ3) is 5.56. The van der Waals surface area contributed by atoms with Crippen molar-refractivity contribution in [2.75, 3.05) is 0 Å². The molecule has 0 unspecified atom stereocenters. The highest BCUT2D eigenvalue weighted by molar-refractivity contribution is 5.95. The summed E-state index contributed by atoms with van der Waals surface area (Å²) in [6.07, 6.45) is 2.00. The van der Waals surface area contributed by atoms with Crippen molar-refractivity contribution in [3.05, 3.63) is 176 Å². The van der Waals surface area contributed by atoms with Gasteiger partial charge in [-0.3, -0.25) is 0 Å². The fourth-order valence-corrected chi connectivity index (χ4v) is 6.52. The molecule has 2 heterocycles. The summed E-state index contributed by atoms with van der Waals surface area (Å²) in [7, 11) is 0. The number of rotatable bonds is 6. The van der Waals surface area contributed by atoms with E-state index in [-0.39, 0.29) is 0 Å². The molecule has 4 heteroatoms. The summed E-state index contributed by atoms with van der Waals surface area (Å²) < 4.78 is 0. The largest absolute Gasteiger partial charge is 0.361 e. The van der Waals surface area contributed by atoms with Gasteiger partial charge in [-0.1, -0.05) is 152 Å². The lowest BCUT2D eigenvalue weighted by atomic mass is 9.96. The molecule has 0 aliphatic carbocycles. The lowest BCUT2D eigenvalue weighted by Crippen LogP contribution is -2.00. The van der Waals surface area contributed by atoms with Gasteiger partial charge in [0.25, 0.3) is 0 Å². The summed E-state index contributed by atoms with van der Waals surface area (Å²) in [4.78, 5) is 18.0. The summed E-state index contributed by atoms with van der Waals surface area (Å²) in [6, 6.07) is 59.4. The standard InChI is InChI=1S/C45H30N4/c1-3-8-35(9-4-1)43-47-44(36-10-5-2-6-11-36)49-45(48-43)37-22-16-31(17-23-37)39-25-19-32-18-24-38(28-40(32)29-39)30-14-20-33(21-15-30)41-13-7-12-34-26-27-46-42(34)41/h1-29,46H. The van der Waals surface area contributed by atoms with E-state index in [2.05, 4.69) is 114 Å². The first-order chi connectivity index (χ1) is 24.2. The monoisotopic (exact) mass is 626 g/mol. The quantitative estimate of drug-likeness (QED) is 0.200. The third-order valence-electron chi connectivity index (χ3n) is 9.13. The molecule has 9 rings (SSSR count). The van der Waals surface area contributed by atoms with Crippen LogP contribution in [0.1, 0.15) is 0 Å². The van der Waals surface area contributed by atoms with Crippen molar-refractivity contribution in [2.45, 2.75) is 0 Å². The molecule has 0 saturated carbocycles. The van der Waals surface area contributed by atoms with Gasteiger partial charge in [-0.25, -0.2) is 15.0 Å². The predicted molar refractivity (Wildman–Crippen MR) is 202 cm³/mol. The number of para-hydroxylation sites is 1. The lowest BCUT2D eigenvalue weighted by molar-refractivity contribution is 1.07. The second-order valence-electron chi connectivity index (χ2n) is 12.2. The number of fused-ring (bicyclic) bond motifs is 2. The van der Waals surface area contributed by atoms with Crippen molar-refractivity contribution >= 4 is 21.7 Å². The van der Waals surface area contributed by atoms with Gasteiger partial charge in [-0.15, -0.1) is 0 Å². The molecular weight excluding hydrogens is 597 g/mol. The Balaban J connectivity index is 1.02. The van der Waals surface area contributed by atoms with Gasteiger partial charge >= 0.3 is 0 Å². The summed E-state index contributed by atoms with van der Waals surface area (Å²) in [5.74, 6) is 1.97. The summed E-state index contributed by atoms with van der Waals surface area (Å²) >= 11 is 0. The molecule has 49 heavy (non-hydrogen) atoms. The van der Waals surface area contributed by atoms with Crippen LogP contribution in [-0.4, -0.2) is 19.9 Å². The topological polar surface area (TPSA) is 54.5 Å². The summed E-state index contributed by atoms with van der Waals surface area (Å²) in [6.45, 7) is 0. The molecule has 0 aliphatic rings. The van der Waals surface area contributed by atoms with E-state index in [1.54, 1.807) is 0 Å². The zero-order chi connectivity index (χ0) is 32.6. The third-order valence-corrected chi connectivity index (χ3v) is 9.13. The van der Waals surface area contributed by atoms with Gasteiger partial charge in [0.1, 0.15) is 0 Å². The molecule has 0 saturated heterocycles. The predicted octanol–water partition coefficient (Wildman–Crippen LogP) is 11.5. The molecule has 230 valence electrons. The average Bonchev–Trinajstić information content (AvgIpc) is 3.68. The zero-order valence-electron chi connectivity index (χ0n) is 26.6. The van der Waals surface area contributed by atoms with Crippen LogP contribution >= 0.6 is 0 Å². The van der Waals surface area contributed by atoms with Crippen LogP contribution in [0, 0.1) is 0 Å². The van der Waals surface area contributed by atoms with Gasteiger partial charge in [0.15, 0.2) is 17.5 Å². The van der Waals surface area contributed by atoms with Crippen LogP contribution in [0.2, 0.25) is 0 Å². The highest BCUT2D eigenvalue weighted by Crippen LogP contribution is 2.33. The first kappa shape index (κ1) is 28.6. The Bertz CT molecular complexity index is 2510. The summed E-state index contributed by atoms with van der Waals surface area (Å²) in [5, 5.41) is 3.64. The molecular formula is C45H30N4. The molecule has 0 spiro atoms. The molecule has 2 aromatic heterocycles. The maximum Gasteiger partial charge on any atom is 0.164 e. The molecule has 0 amide bonds. The van der Waals surface area contributed by atoms with Crippen molar-refractivity contribution in [1.82, 2.24) is 19.9 Å². The number of hydrogen-bond acceptors (Lipinski definition) is 3. The van der Waals surface area contributed by atoms with Crippen molar-refractivity contribution < 1.29 is 0 Å². The van der Waals surface area contributed by atoms with Crippen LogP contribution < -0.4 is 0 Å². The molecule has 4 nitrogen and oxygen atoms in total. The number of hydrogen-bond donors (Lipinski definition) is 1. The maximum absolute atomic E-state index is 4.89. The smallest absolute Gasteiger partial charge is 0.164 e. The zero-order valence-corrected chi connectivity index (χ0v) is 26.6. The van der Waals surface area contributed by atoms with Gasteiger partial charge in [0, 0.05) is 28.5 Å². The number of aromatic amines is 1. The van der Waals surface area contributed by atoms with Crippen LogP contribution in [0.3, 0.4) is 0 Å². The van der Waals surface area contributed by atoms with E-state index in [0.717, 1.165) is 27.8 Å². The van der Waals surface area contributed by atoms with Crippen LogP contribution in [0.5, 0.6) is 0 Å². The number of nitrogens with zero attached hydrogens (tertiary/aromatic N) is 3. The Morgan fingerprint density at radius 2 is 0.776 bits per heavy atom. The number of nitrogens with one attached hydrogen (secondary N) is 1. The molecule has 0 atom stereocenters. The van der Waals surface area contributed by atoms with Crippen LogP contribution in [0.25, 0.3) is 89.2 Å². The Kier molecular flexibility index (Phi) is 7.10. The minimum Gasteiger partial charge on any atom is -0.361 e. The van der Waals surface area contributed by atoms with Gasteiger partial charge < -0.3 is 4.98 Å². The van der Waals surface area contributed by atoms with Gasteiger partial charge in [-0.05, 0) is 62.2 Å². The minimum absolute atomic E-state index is 0.651. The normalized spacial score (nSPS) is 11.3. The first-order valence-corrected chi connectivity index (χ1v) is 16.4. The Labute approximate surface area is 284 Å². The van der Waals surface area contributed by atoms with E-state index < -0.39 is 0 Å². The van der Waals surface area contributed by atoms with E-state index in [1.165, 1.54) is 43.9 Å². The molecule has 0 radical (unpaired) electrons. The van der Waals surface area contributed by atoms with E-state index in [0.29, 0.717) is 17.5 Å². The fraction of sp³-hybridized carbons (Fsp3) is 0. The molecule has 0 fully saturated rings. The van der Waals surface area contributed by atoms with Gasteiger partial charge in [-0.2, -0.15) is 0 Å². The van der Waals surface area contributed by atoms with Gasteiger partial charge in [0.2, 0.25) is 0 Å². The Hall–Kier alpha value is -6.65. The molecule has 0 aliphatic heterocycles. The lowest BCUT2D eigenvalue weighted by Gasteiger charge is -2.10. The molecule has 9 aromatic rings. The average molecular weight is 627 g/mol. The van der Waals surface area contributed by atoms with E-state index in [9.17, 15) is 0 Å². The van der Waals surface area contributed by atoms with Crippen LogP contribution in [0.4, 0.5) is 0 Å². The van der Waals surface area contributed by atoms with Crippen molar-refractivity contribution in [3.8, 4) is 67.5 Å². The minimum atomic E-state index is 0.651. The van der Waals surface area contributed by atoms with E-state index in [4.69, 9.17) is 15.0 Å². The highest BCUT2D eigenvalue weighted by Gasteiger charge is 2.13. The van der Waals surface area contributed by atoms with Gasteiger partial charge in [0.05, 0.1) is 5.52 Å². The first-order valence-electron chi connectivity index (χ1n) is 16.4. The van der Waals surface area contributed by atoms with E-state index >= 15 is 0 Å². The van der Waals surface area contributed by atoms with Crippen LogP contribution in [0.15, 0.2) is 176 Å². The second-order valence-corrected chi connectivity index (χ2v) is 12.2. The highest BCUT2D eigenvalue weighted by atomic mass is 15.0. The summed E-state index contributed by atoms with van der Waals surface area (Å²) in [5.41, 5.74) is 11.1. The van der Waals surface area contributed by atoms with E-state index in [1.807, 2.05) is 66.9 Å². The maximum atomic E-state index is 4.89. The van der Waals surface area contributed by atoms with Crippen molar-refractivity contribution in [2.24, 2.45) is 0 Å². The fourth-order valence-electron chi connectivity index (χ4n) is 6.52. The van der Waals surface area contributed by atoms with Crippen LogP contribution in [-0.2, 0) is 0 Å². The molecule has 7 aromatic carbocycles. The Morgan fingerprint density at radius 1 is 0.306 bits per heavy atom. The van der Waals surface area contributed by atoms with Crippen molar-refractivity contribution in [1.29, 1.82) is 0 Å². The van der Waals surface area contributed by atoms with Crippen molar-refractivity contribution in [3.63, 3.8) is 0 Å². The Morgan fingerprint density at radius 3 is 1.33 bits per heavy atom. The molecule has 1 N–H and O–H groups in total. The number of H-pyrrole nitrogens is 1. The SMILES string of the molecule is c1ccc(-c2nc(-c3ccccc3)nc(-c3ccc(-c4ccc5ccc(-c6ccc(-c7cccc8cc[nH]c78)cc6)cc5c4)cc3)n2)cc1. The molecule has 0 bridgehead atoms. The number of aromatic nitrogens is 4. The number of benzene rings is 7.